The molecule has 3 nitrogen and oxygen atoms in total. The Labute approximate surface area is 113 Å². The van der Waals surface area contributed by atoms with Crippen molar-refractivity contribution in [3.8, 4) is 11.3 Å². The molecular weight excluding hydrogens is 234 g/mol. The Morgan fingerprint density at radius 3 is 2.63 bits per heavy atom. The normalized spacial score (nSPS) is 22.1. The van der Waals surface area contributed by atoms with E-state index in [1.807, 2.05) is 12.3 Å². The fourth-order valence-electron chi connectivity index (χ4n) is 2.69. The molecule has 0 bridgehead atoms. The second-order valence-corrected chi connectivity index (χ2v) is 5.55. The fourth-order valence-corrected chi connectivity index (χ4v) is 2.69. The van der Waals surface area contributed by atoms with Crippen molar-refractivity contribution in [1.29, 1.82) is 0 Å². The van der Waals surface area contributed by atoms with E-state index in [0.29, 0.717) is 12.0 Å². The molecule has 1 fully saturated rings. The SMILES string of the molecule is Cc1ccc(-c2ccnc(C3CC(N)C3)n2)c(C)c1. The maximum absolute atomic E-state index is 5.84. The third-order valence-corrected chi connectivity index (χ3v) is 3.87. The molecule has 0 spiro atoms. The van der Waals surface area contributed by atoms with E-state index >= 15 is 0 Å². The Morgan fingerprint density at radius 1 is 1.16 bits per heavy atom. The molecule has 1 heterocycles. The first kappa shape index (κ1) is 12.3. The number of aromatic nitrogens is 2. The Hall–Kier alpha value is -1.74. The van der Waals surface area contributed by atoms with Crippen LogP contribution in [0.4, 0.5) is 0 Å². The van der Waals surface area contributed by atoms with Crippen LogP contribution >= 0.6 is 0 Å². The van der Waals surface area contributed by atoms with Gasteiger partial charge in [-0.3, -0.25) is 0 Å². The number of hydrogen-bond acceptors (Lipinski definition) is 3. The van der Waals surface area contributed by atoms with Gasteiger partial charge in [0.05, 0.1) is 5.69 Å². The van der Waals surface area contributed by atoms with Crippen LogP contribution in [-0.2, 0) is 0 Å². The summed E-state index contributed by atoms with van der Waals surface area (Å²) in [6, 6.07) is 8.78. The van der Waals surface area contributed by atoms with Crippen molar-refractivity contribution in [1.82, 2.24) is 9.97 Å². The van der Waals surface area contributed by atoms with Crippen molar-refractivity contribution in [3.63, 3.8) is 0 Å². The largest absolute Gasteiger partial charge is 0.328 e. The summed E-state index contributed by atoms with van der Waals surface area (Å²) in [5.41, 5.74) is 10.6. The van der Waals surface area contributed by atoms with Gasteiger partial charge in [0.1, 0.15) is 5.82 Å². The van der Waals surface area contributed by atoms with Gasteiger partial charge in [0, 0.05) is 23.7 Å². The van der Waals surface area contributed by atoms with Gasteiger partial charge in [-0.1, -0.05) is 23.8 Å². The van der Waals surface area contributed by atoms with Gasteiger partial charge in [-0.05, 0) is 38.3 Å². The third kappa shape index (κ3) is 2.38. The predicted octanol–water partition coefficient (Wildman–Crippen LogP) is 2.97. The lowest BCUT2D eigenvalue weighted by atomic mass is 9.80. The van der Waals surface area contributed by atoms with Gasteiger partial charge in [-0.15, -0.1) is 0 Å². The lowest BCUT2D eigenvalue weighted by Gasteiger charge is -2.31. The smallest absolute Gasteiger partial charge is 0.132 e. The molecule has 1 aromatic carbocycles. The van der Waals surface area contributed by atoms with Crippen LogP contribution in [0.1, 0.15) is 35.7 Å². The molecule has 3 heteroatoms. The zero-order chi connectivity index (χ0) is 13.4. The molecule has 0 amide bonds. The monoisotopic (exact) mass is 253 g/mol. The molecule has 98 valence electrons. The summed E-state index contributed by atoms with van der Waals surface area (Å²) in [6.45, 7) is 4.24. The van der Waals surface area contributed by atoms with E-state index in [-0.39, 0.29) is 0 Å². The maximum atomic E-state index is 5.84. The van der Waals surface area contributed by atoms with Crippen molar-refractivity contribution < 1.29 is 0 Å². The summed E-state index contributed by atoms with van der Waals surface area (Å²) in [7, 11) is 0. The quantitative estimate of drug-likeness (QED) is 0.895. The summed E-state index contributed by atoms with van der Waals surface area (Å²) in [4.78, 5) is 9.13. The molecule has 19 heavy (non-hydrogen) atoms. The predicted molar refractivity (Wildman–Crippen MR) is 76.9 cm³/mol. The van der Waals surface area contributed by atoms with Gasteiger partial charge in [0.15, 0.2) is 0 Å². The van der Waals surface area contributed by atoms with Crippen LogP contribution < -0.4 is 5.73 Å². The Kier molecular flexibility index (Phi) is 3.07. The average Bonchev–Trinajstić information content (AvgIpc) is 2.35. The number of rotatable bonds is 2. The number of aryl methyl sites for hydroxylation is 2. The minimum absolute atomic E-state index is 0.332. The van der Waals surface area contributed by atoms with Crippen molar-refractivity contribution >= 4 is 0 Å². The molecule has 1 aliphatic carbocycles. The standard InChI is InChI=1S/C16H19N3/c1-10-3-4-14(11(2)7-10)15-5-6-18-16(19-15)12-8-13(17)9-12/h3-7,12-13H,8-9,17H2,1-2H3. The van der Waals surface area contributed by atoms with Crippen molar-refractivity contribution in [2.45, 2.75) is 38.6 Å². The summed E-state index contributed by atoms with van der Waals surface area (Å²) in [6.07, 6.45) is 3.88. The van der Waals surface area contributed by atoms with Gasteiger partial charge in [0.2, 0.25) is 0 Å². The molecule has 0 unspecified atom stereocenters. The van der Waals surface area contributed by atoms with E-state index < -0.39 is 0 Å². The molecule has 3 rings (SSSR count). The summed E-state index contributed by atoms with van der Waals surface area (Å²) >= 11 is 0. The minimum Gasteiger partial charge on any atom is -0.328 e. The van der Waals surface area contributed by atoms with Crippen molar-refractivity contribution in [2.75, 3.05) is 0 Å². The Balaban J connectivity index is 1.94. The van der Waals surface area contributed by atoms with Crippen LogP contribution in [0.25, 0.3) is 11.3 Å². The molecule has 0 atom stereocenters. The highest BCUT2D eigenvalue weighted by Gasteiger charge is 2.29. The summed E-state index contributed by atoms with van der Waals surface area (Å²) < 4.78 is 0. The number of benzene rings is 1. The van der Waals surface area contributed by atoms with Gasteiger partial charge in [-0.2, -0.15) is 0 Å². The molecule has 1 aliphatic rings. The molecular formula is C16H19N3. The zero-order valence-corrected chi connectivity index (χ0v) is 11.4. The van der Waals surface area contributed by atoms with Crippen LogP contribution in [-0.4, -0.2) is 16.0 Å². The summed E-state index contributed by atoms with van der Waals surface area (Å²) in [5.74, 6) is 1.39. The minimum atomic E-state index is 0.332. The van der Waals surface area contributed by atoms with Crippen LogP contribution in [0.3, 0.4) is 0 Å². The van der Waals surface area contributed by atoms with Gasteiger partial charge in [-0.25, -0.2) is 9.97 Å². The highest BCUT2D eigenvalue weighted by atomic mass is 14.9. The molecule has 2 N–H and O–H groups in total. The molecule has 0 radical (unpaired) electrons. The van der Waals surface area contributed by atoms with Gasteiger partial charge < -0.3 is 5.73 Å². The fraction of sp³-hybridized carbons (Fsp3) is 0.375. The van der Waals surface area contributed by atoms with Crippen LogP contribution in [0.2, 0.25) is 0 Å². The van der Waals surface area contributed by atoms with Crippen molar-refractivity contribution in [3.05, 3.63) is 47.4 Å². The maximum Gasteiger partial charge on any atom is 0.132 e. The lowest BCUT2D eigenvalue weighted by Crippen LogP contribution is -2.35. The lowest BCUT2D eigenvalue weighted by molar-refractivity contribution is 0.338. The van der Waals surface area contributed by atoms with E-state index in [4.69, 9.17) is 10.7 Å². The second kappa shape index (κ2) is 4.74. The van der Waals surface area contributed by atoms with Crippen molar-refractivity contribution in [2.24, 2.45) is 5.73 Å². The molecule has 0 aliphatic heterocycles. The van der Waals surface area contributed by atoms with E-state index in [1.54, 1.807) is 0 Å². The number of hydrogen-bond donors (Lipinski definition) is 1. The summed E-state index contributed by atoms with van der Waals surface area (Å²) in [5, 5.41) is 0. The Morgan fingerprint density at radius 2 is 1.95 bits per heavy atom. The highest BCUT2D eigenvalue weighted by Crippen LogP contribution is 2.34. The number of nitrogens with two attached hydrogens (primary N) is 1. The van der Waals surface area contributed by atoms with E-state index in [9.17, 15) is 0 Å². The first-order chi connectivity index (χ1) is 9.13. The van der Waals surface area contributed by atoms with E-state index in [0.717, 1.165) is 24.4 Å². The van der Waals surface area contributed by atoms with E-state index in [2.05, 4.69) is 37.0 Å². The first-order valence-corrected chi connectivity index (χ1v) is 6.79. The van der Waals surface area contributed by atoms with E-state index in [1.165, 1.54) is 16.7 Å². The molecule has 1 saturated carbocycles. The van der Waals surface area contributed by atoms with Crippen LogP contribution in [0.15, 0.2) is 30.5 Å². The average molecular weight is 253 g/mol. The molecule has 0 saturated heterocycles. The van der Waals surface area contributed by atoms with Crippen LogP contribution in [0.5, 0.6) is 0 Å². The third-order valence-electron chi connectivity index (χ3n) is 3.87. The van der Waals surface area contributed by atoms with Gasteiger partial charge in [0.25, 0.3) is 0 Å². The Bertz CT molecular complexity index is 601. The van der Waals surface area contributed by atoms with Crippen LogP contribution in [0, 0.1) is 13.8 Å². The van der Waals surface area contributed by atoms with Gasteiger partial charge >= 0.3 is 0 Å². The molecule has 2 aromatic rings. The topological polar surface area (TPSA) is 51.8 Å². The first-order valence-electron chi connectivity index (χ1n) is 6.79. The number of nitrogens with zero attached hydrogens (tertiary/aromatic N) is 2. The molecule has 1 aromatic heterocycles. The zero-order valence-electron chi connectivity index (χ0n) is 11.4. The second-order valence-electron chi connectivity index (χ2n) is 5.55. The highest BCUT2D eigenvalue weighted by molar-refractivity contribution is 5.63.